The lowest BCUT2D eigenvalue weighted by Gasteiger charge is -2.28. The highest BCUT2D eigenvalue weighted by atomic mass is 33.1. The van der Waals surface area contributed by atoms with Crippen molar-refractivity contribution in [2.45, 2.75) is 175 Å². The summed E-state index contributed by atoms with van der Waals surface area (Å²) in [6, 6.07) is 3.19. The number of ether oxygens (including phenoxy) is 1. The van der Waals surface area contributed by atoms with Gasteiger partial charge in [0, 0.05) is 62.8 Å². The minimum atomic E-state index is -1.28. The van der Waals surface area contributed by atoms with E-state index < -0.39 is 125 Å². The third-order valence-corrected chi connectivity index (χ3v) is 24.5. The molecule has 0 aromatic carbocycles. The Morgan fingerprint density at radius 1 is 0.586 bits per heavy atom. The second-order valence-electron chi connectivity index (χ2n) is 20.6. The zero-order valence-corrected chi connectivity index (χ0v) is 58.4. The summed E-state index contributed by atoms with van der Waals surface area (Å²) in [5.74, 6) is 6.03. The predicted molar refractivity (Wildman–Crippen MR) is 364 cm³/mol. The van der Waals surface area contributed by atoms with E-state index in [1.54, 1.807) is 37.0 Å². The van der Waals surface area contributed by atoms with Crippen LogP contribution in [-0.2, 0) is 53.1 Å². The third kappa shape index (κ3) is 43.2. The number of aliphatic carboxylic acids is 1. The van der Waals surface area contributed by atoms with Crippen LogP contribution < -0.4 is 0 Å². The van der Waals surface area contributed by atoms with E-state index in [0.717, 1.165) is 53.9 Å². The second kappa shape index (κ2) is 52.6. The molecule has 2 N–H and O–H groups in total. The molecular formula is C49H82N10O32S8. The number of carboxylic acids is 1. The van der Waals surface area contributed by atoms with Gasteiger partial charge >= 0.3 is 11.9 Å². The second-order valence-corrected chi connectivity index (χ2v) is 30.9. The number of aromatic nitrogens is 1. The zero-order chi connectivity index (χ0) is 72.4. The fourth-order valence-electron chi connectivity index (χ4n) is 8.65. The average molecular weight is 1580 g/mol. The van der Waals surface area contributed by atoms with Crippen LogP contribution >= 0.6 is 92.2 Å². The molecule has 99 heavy (non-hydrogen) atoms. The van der Waals surface area contributed by atoms with Crippen LogP contribution in [0.1, 0.15) is 110 Å². The van der Waals surface area contributed by atoms with Gasteiger partial charge < -0.3 is 58.5 Å². The molecular weight excluding hydrogens is 1500 g/mol. The number of carbonyl (C=O) groups excluding carboxylic acids is 1. The summed E-state index contributed by atoms with van der Waals surface area (Å²) in [6.07, 6.45) is 3.24. The van der Waals surface area contributed by atoms with Crippen molar-refractivity contribution in [3.05, 3.63) is 121 Å². The molecule has 0 saturated carbocycles. The van der Waals surface area contributed by atoms with Gasteiger partial charge in [-0.3, -0.25) is 9.78 Å². The van der Waals surface area contributed by atoms with Gasteiger partial charge in [-0.2, -0.15) is 70.6 Å². The third-order valence-electron chi connectivity index (χ3n) is 13.5. The number of aliphatic hydroxyl groups is 1. The van der Waals surface area contributed by atoms with Crippen LogP contribution in [0.5, 0.6) is 0 Å². The van der Waals surface area contributed by atoms with Gasteiger partial charge in [0.15, 0.2) is 6.10 Å². The first-order valence-electron chi connectivity index (χ1n) is 29.1. The number of pyridine rings is 1. The highest BCUT2D eigenvalue weighted by molar-refractivity contribution is 8.76. The van der Waals surface area contributed by atoms with Gasteiger partial charge in [-0.15, -0.1) is 91.0 Å². The molecule has 15 unspecified atom stereocenters. The van der Waals surface area contributed by atoms with E-state index >= 15 is 0 Å². The van der Waals surface area contributed by atoms with Crippen LogP contribution in [0, 0.1) is 103 Å². The first kappa shape index (κ1) is 92.6. The highest BCUT2D eigenvalue weighted by Crippen LogP contribution is 2.37. The number of rotatable bonds is 32. The Bertz CT molecular complexity index is 2580. The monoisotopic (exact) mass is 1580 g/mol. The number of aliphatic hydroxyl groups excluding tert-OH is 1. The highest BCUT2D eigenvalue weighted by Gasteiger charge is 2.41. The van der Waals surface area contributed by atoms with E-state index in [9.17, 15) is 106 Å². The van der Waals surface area contributed by atoms with E-state index in [4.69, 9.17) is 9.84 Å². The molecule has 0 bridgehead atoms. The van der Waals surface area contributed by atoms with Gasteiger partial charge in [0.25, 0.3) is 45.8 Å². The predicted octanol–water partition coefficient (Wildman–Crippen LogP) is 8.24. The minimum absolute atomic E-state index is 0. The molecule has 1 aromatic rings. The lowest BCUT2D eigenvalue weighted by Crippen LogP contribution is -2.41. The number of thioether (sulfide) groups is 6. The van der Waals surface area contributed by atoms with Crippen molar-refractivity contribution in [2.75, 3.05) is 71.6 Å². The molecule has 42 nitrogen and oxygen atoms in total. The van der Waals surface area contributed by atoms with E-state index in [-0.39, 0.29) is 50.4 Å². The molecule has 7 aliphatic rings. The summed E-state index contributed by atoms with van der Waals surface area (Å²) in [5.41, 5.74) is 0.311. The number of carbonyl (C=O) groups is 2. The number of nitrogens with zero attached hydrogens (tertiary/aromatic N) is 10. The molecule has 7 saturated heterocycles. The van der Waals surface area contributed by atoms with Crippen LogP contribution in [0.4, 0.5) is 0 Å². The van der Waals surface area contributed by atoms with Gasteiger partial charge in [0.05, 0.1) is 23.5 Å². The molecule has 0 spiro atoms. The normalized spacial score (nSPS) is 24.5. The van der Waals surface area contributed by atoms with Gasteiger partial charge in [-0.25, -0.2) is 4.79 Å². The van der Waals surface area contributed by atoms with E-state index in [1.165, 1.54) is 93.8 Å². The van der Waals surface area contributed by atoms with Crippen molar-refractivity contribution in [2.24, 2.45) is 11.8 Å². The molecule has 0 radical (unpaired) electrons. The SMILES string of the molecule is C.C.CC1CSC(C(CO[N+](=O)[O-])O[N+](=O)[O-])C1O.CC1CSCC1O[N+](=O)[O-].CCC1CS1.O=C(O)CCC(O[N+](=O)[O-])C(O[N+](=O)[O-])C1CCCS1.O=C(OC1CSSCC1O[N+](=O)[O-])c1cccnc1.O=[N+]([O-])OCC(O[N+](=O)[O-])C1CCCS1.O=[N+]([O-])OCCC1CCCS1. The van der Waals surface area contributed by atoms with Gasteiger partial charge in [0.2, 0.25) is 0 Å². The first-order chi connectivity index (χ1) is 46.0. The molecule has 0 amide bonds. The summed E-state index contributed by atoms with van der Waals surface area (Å²) in [6.45, 7) is 5.28. The standard InChI is InChI=1S/C10H10N2O5S2.C9H14N2O8S.C7H12N2O7S.C6H10N2O6S.C6H11NO3S.C5H9NO3S.C4H8S.2CH4/c13-10(7-2-1-3-11-4-7)16-8-5-18-19-6-9(8)17-12(14)15;12-8(13)4-3-6(18-10(14)15)9(19-11(16)17)7-2-1-5-20-7;1-4-3-17-7(6(4)10)5(16-9(13)14)2-15-8(11)12;9-7(10)13-4-5(14-8(11)12)6-2-1-3-15-6;8-7(9)10-4-3-6-2-1-5-11-6;1-4-2-10-3-5(4)9-6(7)8;1-2-4-3-5-4;;/h1-4,8-9H,5-6H2;6-7,9H,1-5H2,(H,12,13);4-7,10H,2-3H2,1H3;5-6H,1-4H2;6H,1-5H2;4-5H,2-3H2,1H3;4H,2-3H2,1H3;2*1H4. The first-order valence-corrected chi connectivity index (χ1v) is 38.0. The van der Waals surface area contributed by atoms with Crippen molar-refractivity contribution in [3.8, 4) is 0 Å². The summed E-state index contributed by atoms with van der Waals surface area (Å²) in [7, 11) is 2.95. The van der Waals surface area contributed by atoms with Gasteiger partial charge in [-0.05, 0) is 111 Å². The Kier molecular flexibility index (Phi) is 49.2. The number of hydrogen-bond acceptors (Lipinski definition) is 40. The lowest BCUT2D eigenvalue weighted by molar-refractivity contribution is -0.798. The van der Waals surface area contributed by atoms with E-state index in [2.05, 4.69) is 67.2 Å². The average Bonchev–Trinajstić information content (AvgIpc) is 1.80. The van der Waals surface area contributed by atoms with Crippen molar-refractivity contribution < 1.29 is 114 Å². The summed E-state index contributed by atoms with van der Waals surface area (Å²) >= 11 is 9.86. The Hall–Kier alpha value is -6.35. The number of carboxylic acid groups (broad SMARTS) is 1. The molecule has 8 heterocycles. The van der Waals surface area contributed by atoms with Crippen LogP contribution in [0.25, 0.3) is 0 Å². The largest absolute Gasteiger partial charge is 0.481 e. The zero-order valence-electron chi connectivity index (χ0n) is 51.9. The van der Waals surface area contributed by atoms with Crippen molar-refractivity contribution in [1.82, 2.24) is 4.98 Å². The minimum Gasteiger partial charge on any atom is -0.481 e. The quantitative estimate of drug-likeness (QED) is 0.0225. The fraction of sp³-hybridized carbons (Fsp3) is 0.857. The van der Waals surface area contributed by atoms with Crippen molar-refractivity contribution in [1.29, 1.82) is 0 Å². The topological polar surface area (TPSA) is 568 Å². The van der Waals surface area contributed by atoms with Crippen LogP contribution in [0.2, 0.25) is 0 Å². The van der Waals surface area contributed by atoms with Gasteiger partial charge in [0.1, 0.15) is 49.8 Å². The fourth-order valence-corrected chi connectivity index (χ4v) is 18.5. The summed E-state index contributed by atoms with van der Waals surface area (Å²) < 4.78 is 5.25. The number of esters is 1. The van der Waals surface area contributed by atoms with E-state index in [0.29, 0.717) is 40.4 Å². The Morgan fingerprint density at radius 3 is 1.56 bits per heavy atom. The molecule has 8 rings (SSSR count). The Labute approximate surface area is 599 Å². The van der Waals surface area contributed by atoms with Crippen LogP contribution in [-0.4, -0.2) is 220 Å². The molecule has 0 aliphatic carbocycles. The molecule has 1 aromatic heterocycles. The Balaban J connectivity index is 0.00000116. The van der Waals surface area contributed by atoms with Crippen LogP contribution in [0.3, 0.4) is 0 Å². The van der Waals surface area contributed by atoms with E-state index in [1.807, 2.05) is 18.7 Å². The molecule has 7 fully saturated rings. The maximum atomic E-state index is 11.8. The maximum Gasteiger partial charge on any atom is 0.340 e. The smallest absolute Gasteiger partial charge is 0.340 e. The molecule has 15 atom stereocenters. The lowest BCUT2D eigenvalue weighted by atomic mass is 10.0. The van der Waals surface area contributed by atoms with Gasteiger partial charge in [-0.1, -0.05) is 57.2 Å². The molecule has 50 heteroatoms. The van der Waals surface area contributed by atoms with Crippen molar-refractivity contribution in [3.63, 3.8) is 0 Å². The Morgan fingerprint density at radius 2 is 1.12 bits per heavy atom. The number of hydrogen-bond donors (Lipinski definition) is 2. The van der Waals surface area contributed by atoms with Crippen LogP contribution in [0.15, 0.2) is 24.5 Å². The molecule has 7 aliphatic heterocycles. The summed E-state index contributed by atoms with van der Waals surface area (Å²) in [5, 5.41) is 102. The maximum absolute atomic E-state index is 11.8. The molecule has 568 valence electrons. The van der Waals surface area contributed by atoms with Crippen molar-refractivity contribution >= 4 is 104 Å². The summed E-state index contributed by atoms with van der Waals surface area (Å²) in [4.78, 5) is 157.